The third kappa shape index (κ3) is 4.23. The van der Waals surface area contributed by atoms with Gasteiger partial charge in [-0.05, 0) is 93.3 Å². The van der Waals surface area contributed by atoms with Gasteiger partial charge in [0.1, 0.15) is 11.9 Å². The van der Waals surface area contributed by atoms with Crippen LogP contribution in [0.5, 0.6) is 0 Å². The third-order valence-electron chi connectivity index (χ3n) is 10.8. The number of esters is 2. The highest BCUT2D eigenvalue weighted by Gasteiger charge is 2.61. The summed E-state index contributed by atoms with van der Waals surface area (Å²) in [7, 11) is 0. The van der Waals surface area contributed by atoms with Crippen LogP contribution in [0.25, 0.3) is 0 Å². The quantitative estimate of drug-likeness (QED) is 0.255. The van der Waals surface area contributed by atoms with Crippen molar-refractivity contribution in [2.24, 2.45) is 57.7 Å². The second kappa shape index (κ2) is 8.54. The molecule has 0 amide bonds. The van der Waals surface area contributed by atoms with Crippen LogP contribution in [0.15, 0.2) is 0 Å². The van der Waals surface area contributed by atoms with Crippen LogP contribution >= 0.6 is 0 Å². The number of carbonyl (C=O) groups excluding carboxylic acids is 3. The molecular formula is C30H44O6. The zero-order valence-electron chi connectivity index (χ0n) is 22.6. The van der Waals surface area contributed by atoms with Crippen molar-refractivity contribution < 1.29 is 28.6 Å². The van der Waals surface area contributed by atoms with Crippen molar-refractivity contribution in [3.63, 3.8) is 0 Å². The van der Waals surface area contributed by atoms with Crippen molar-refractivity contribution in [3.05, 3.63) is 0 Å². The summed E-state index contributed by atoms with van der Waals surface area (Å²) in [5.74, 6) is 2.29. The molecule has 0 heterocycles. The third-order valence-corrected chi connectivity index (χ3v) is 10.8. The number of hydrogen-bond donors (Lipinski definition) is 0. The molecule has 0 aliphatic heterocycles. The Kier molecular flexibility index (Phi) is 5.90. The molecule has 6 nitrogen and oxygen atoms in total. The van der Waals surface area contributed by atoms with E-state index in [0.29, 0.717) is 36.1 Å². The van der Waals surface area contributed by atoms with Crippen LogP contribution < -0.4 is 0 Å². The van der Waals surface area contributed by atoms with Crippen LogP contribution in [0.1, 0.15) is 91.9 Å². The van der Waals surface area contributed by atoms with Crippen molar-refractivity contribution in [2.75, 3.05) is 13.4 Å². The van der Waals surface area contributed by atoms with Gasteiger partial charge in [0.05, 0.1) is 23.4 Å². The highest BCUT2D eigenvalue weighted by molar-refractivity contribution is 5.89. The summed E-state index contributed by atoms with van der Waals surface area (Å²) in [6, 6.07) is 0. The van der Waals surface area contributed by atoms with Gasteiger partial charge >= 0.3 is 11.9 Å². The molecule has 7 aliphatic rings. The van der Waals surface area contributed by atoms with Crippen molar-refractivity contribution in [1.82, 2.24) is 0 Å². The lowest BCUT2D eigenvalue weighted by Crippen LogP contribution is -2.55. The Morgan fingerprint density at radius 3 is 2.25 bits per heavy atom. The lowest BCUT2D eigenvalue weighted by atomic mass is 9.49. The average Bonchev–Trinajstić information content (AvgIpc) is 3.11. The monoisotopic (exact) mass is 500 g/mol. The Labute approximate surface area is 215 Å². The van der Waals surface area contributed by atoms with Crippen molar-refractivity contribution >= 4 is 17.7 Å². The highest BCUT2D eigenvalue weighted by atomic mass is 16.7. The molecule has 36 heavy (non-hydrogen) atoms. The smallest absolute Gasteiger partial charge is 0.312 e. The molecule has 7 aliphatic carbocycles. The van der Waals surface area contributed by atoms with E-state index >= 15 is 0 Å². The molecule has 6 heteroatoms. The molecule has 8 atom stereocenters. The first-order chi connectivity index (χ1) is 17.0. The maximum absolute atomic E-state index is 13.2. The van der Waals surface area contributed by atoms with E-state index in [1.807, 2.05) is 0 Å². The van der Waals surface area contributed by atoms with Crippen LogP contribution in [0, 0.1) is 57.7 Å². The van der Waals surface area contributed by atoms with Gasteiger partial charge < -0.3 is 14.2 Å². The molecule has 8 unspecified atom stereocenters. The molecule has 0 spiro atoms. The maximum atomic E-state index is 13.2. The summed E-state index contributed by atoms with van der Waals surface area (Å²) in [5.41, 5.74) is -0.611. The largest absolute Gasteiger partial charge is 0.462 e. The first-order valence-electron chi connectivity index (χ1n) is 14.5. The molecule has 7 rings (SSSR count). The van der Waals surface area contributed by atoms with Crippen LogP contribution in [-0.4, -0.2) is 37.2 Å². The summed E-state index contributed by atoms with van der Waals surface area (Å²) in [6.07, 6.45) is 9.48. The first kappa shape index (κ1) is 24.9. The van der Waals surface area contributed by atoms with E-state index in [1.54, 1.807) is 0 Å². The minimum Gasteiger partial charge on any atom is -0.462 e. The van der Waals surface area contributed by atoms with Gasteiger partial charge in [-0.1, -0.05) is 27.7 Å². The standard InChI is InChI=1S/C30H44O6/c1-17-11-30(17,14-28(2,3)4)27(33)36-24-10-18-8-22(24)23(9-18)26(32)35-16-34-15-29-12-19-5-20(13-29)7-21(6-19)25(29)31/h17-24H,5-16H2,1-4H3. The van der Waals surface area contributed by atoms with E-state index in [0.717, 1.165) is 57.8 Å². The molecule has 7 saturated carbocycles. The second-order valence-electron chi connectivity index (χ2n) is 14.9. The zero-order chi connectivity index (χ0) is 25.5. The summed E-state index contributed by atoms with van der Waals surface area (Å²) < 4.78 is 17.6. The van der Waals surface area contributed by atoms with Gasteiger partial charge in [-0.3, -0.25) is 14.4 Å². The van der Waals surface area contributed by atoms with Gasteiger partial charge in [0.15, 0.2) is 6.79 Å². The molecule has 0 saturated heterocycles. The fourth-order valence-electron chi connectivity index (χ4n) is 9.55. The van der Waals surface area contributed by atoms with Gasteiger partial charge in [0, 0.05) is 11.8 Å². The van der Waals surface area contributed by atoms with E-state index in [-0.39, 0.29) is 58.8 Å². The van der Waals surface area contributed by atoms with Gasteiger partial charge in [-0.2, -0.15) is 0 Å². The number of carbonyl (C=O) groups is 3. The normalized spacial score (nSPS) is 46.3. The average molecular weight is 501 g/mol. The van der Waals surface area contributed by atoms with Crippen LogP contribution in [0.3, 0.4) is 0 Å². The Hall–Kier alpha value is -1.43. The number of Topliss-reactive ketones (excluding diaryl/α,β-unsaturated/α-hetero) is 1. The van der Waals surface area contributed by atoms with Crippen molar-refractivity contribution in [1.29, 1.82) is 0 Å². The predicted octanol–water partition coefficient (Wildman–Crippen LogP) is 5.32. The fraction of sp³-hybridized carbons (Fsp3) is 0.900. The number of rotatable bonds is 8. The summed E-state index contributed by atoms with van der Waals surface area (Å²) in [5, 5.41) is 0. The van der Waals surface area contributed by atoms with E-state index in [9.17, 15) is 14.4 Å². The molecule has 200 valence electrons. The molecule has 7 fully saturated rings. The summed E-state index contributed by atoms with van der Waals surface area (Å²) >= 11 is 0. The number of fused-ring (bicyclic) bond motifs is 2. The number of ether oxygens (including phenoxy) is 3. The van der Waals surface area contributed by atoms with Gasteiger partial charge in [0.2, 0.25) is 0 Å². The van der Waals surface area contributed by atoms with Crippen LogP contribution in [-0.2, 0) is 28.6 Å². The molecule has 0 N–H and O–H groups in total. The first-order valence-corrected chi connectivity index (χ1v) is 14.5. The fourth-order valence-corrected chi connectivity index (χ4v) is 9.55. The summed E-state index contributed by atoms with van der Waals surface area (Å²) in [4.78, 5) is 39.2. The number of ketones is 1. The Morgan fingerprint density at radius 2 is 1.64 bits per heavy atom. The second-order valence-corrected chi connectivity index (χ2v) is 14.9. The Bertz CT molecular complexity index is 920. The molecule has 6 bridgehead atoms. The van der Waals surface area contributed by atoms with E-state index in [1.165, 1.54) is 6.42 Å². The van der Waals surface area contributed by atoms with Gasteiger partial charge in [-0.25, -0.2) is 0 Å². The number of hydrogen-bond acceptors (Lipinski definition) is 6. The topological polar surface area (TPSA) is 78.9 Å². The lowest BCUT2D eigenvalue weighted by Gasteiger charge is -2.55. The van der Waals surface area contributed by atoms with Gasteiger partial charge in [-0.15, -0.1) is 0 Å². The minimum absolute atomic E-state index is 0.0527. The molecule has 0 aromatic heterocycles. The molecule has 0 radical (unpaired) electrons. The lowest BCUT2D eigenvalue weighted by molar-refractivity contribution is -0.179. The van der Waals surface area contributed by atoms with Crippen LogP contribution in [0.4, 0.5) is 0 Å². The van der Waals surface area contributed by atoms with Crippen molar-refractivity contribution in [2.45, 2.75) is 98.0 Å². The zero-order valence-corrected chi connectivity index (χ0v) is 22.6. The van der Waals surface area contributed by atoms with E-state index in [4.69, 9.17) is 14.2 Å². The SMILES string of the molecule is CC1CC1(CC(C)(C)C)C(=O)OC1CC2CC(C(=O)OCOCC34CC5CC(CC(C5)C3=O)C4)C1C2. The molecule has 0 aromatic carbocycles. The van der Waals surface area contributed by atoms with Gasteiger partial charge in [0.25, 0.3) is 0 Å². The molecule has 0 aromatic rings. The highest BCUT2D eigenvalue weighted by Crippen LogP contribution is 2.61. The molecular weight excluding hydrogens is 456 g/mol. The Morgan fingerprint density at radius 1 is 0.944 bits per heavy atom. The summed E-state index contributed by atoms with van der Waals surface area (Å²) in [6.45, 7) is 8.98. The Balaban J connectivity index is 0.999. The maximum Gasteiger partial charge on any atom is 0.312 e. The minimum atomic E-state index is -0.349. The van der Waals surface area contributed by atoms with E-state index < -0.39 is 0 Å². The predicted molar refractivity (Wildman–Crippen MR) is 132 cm³/mol. The van der Waals surface area contributed by atoms with Crippen molar-refractivity contribution in [3.8, 4) is 0 Å². The van der Waals surface area contributed by atoms with E-state index in [2.05, 4.69) is 27.7 Å². The van der Waals surface area contributed by atoms with Crippen LogP contribution in [0.2, 0.25) is 0 Å².